The van der Waals surface area contributed by atoms with Gasteiger partial charge in [0.25, 0.3) is 5.69 Å². The molecule has 0 amide bonds. The Kier molecular flexibility index (Phi) is 3.70. The molecule has 0 radical (unpaired) electrons. The van der Waals surface area contributed by atoms with E-state index < -0.39 is 0 Å². The summed E-state index contributed by atoms with van der Waals surface area (Å²) >= 11 is 3.89. The van der Waals surface area contributed by atoms with E-state index in [2.05, 4.69) is 13.8 Å². The van der Waals surface area contributed by atoms with Crippen molar-refractivity contribution in [3.05, 3.63) is 39.9 Å². The second kappa shape index (κ2) is 5.22. The number of benzene rings is 1. The van der Waals surface area contributed by atoms with Crippen LogP contribution in [-0.4, -0.2) is 31.6 Å². The molecule has 2 aliphatic rings. The van der Waals surface area contributed by atoms with E-state index in [0.717, 1.165) is 11.3 Å². The zero-order valence-electron chi connectivity index (χ0n) is 11.3. The minimum Gasteiger partial charge on any atom is -0.269 e. The first kappa shape index (κ1) is 14.2. The molecule has 1 aromatic rings. The van der Waals surface area contributed by atoms with Crippen LogP contribution < -0.4 is 0 Å². The summed E-state index contributed by atoms with van der Waals surface area (Å²) in [6.07, 6.45) is -0.0636. The van der Waals surface area contributed by atoms with Crippen LogP contribution in [0.1, 0.15) is 25.6 Å². The third-order valence-electron chi connectivity index (χ3n) is 3.46. The highest BCUT2D eigenvalue weighted by molar-refractivity contribution is 8.07. The second-order valence-electron chi connectivity index (χ2n) is 5.34. The van der Waals surface area contributed by atoms with Gasteiger partial charge in [-0.05, 0) is 26.0 Å². The van der Waals surface area contributed by atoms with Crippen LogP contribution in [-0.2, 0) is 4.84 Å². The summed E-state index contributed by atoms with van der Waals surface area (Å²) in [6, 6.07) is 6.61. The SMILES string of the molecule is CC1(C)SCCSC1N1OC1c1ccc([N+](=O)[O-])cc1. The van der Waals surface area contributed by atoms with E-state index in [0.29, 0.717) is 5.37 Å². The minimum atomic E-state index is -0.383. The van der Waals surface area contributed by atoms with Gasteiger partial charge in [-0.3, -0.25) is 15.0 Å². The van der Waals surface area contributed by atoms with Gasteiger partial charge in [0.15, 0.2) is 6.23 Å². The highest BCUT2D eigenvalue weighted by Crippen LogP contribution is 2.51. The van der Waals surface area contributed by atoms with Gasteiger partial charge in [0.2, 0.25) is 0 Å². The quantitative estimate of drug-likeness (QED) is 0.484. The van der Waals surface area contributed by atoms with Gasteiger partial charge in [-0.1, -0.05) is 0 Å². The number of hydrogen-bond acceptors (Lipinski definition) is 6. The van der Waals surface area contributed by atoms with Gasteiger partial charge < -0.3 is 0 Å². The lowest BCUT2D eigenvalue weighted by Gasteiger charge is -2.36. The molecule has 0 aliphatic carbocycles. The summed E-state index contributed by atoms with van der Waals surface area (Å²) in [5, 5.41) is 13.0. The molecular formula is C13H16N2O3S2. The molecule has 2 fully saturated rings. The van der Waals surface area contributed by atoms with Crippen molar-refractivity contribution >= 4 is 29.2 Å². The molecule has 0 saturated carbocycles. The van der Waals surface area contributed by atoms with Crippen molar-refractivity contribution in [2.45, 2.75) is 30.2 Å². The Morgan fingerprint density at radius 3 is 2.65 bits per heavy atom. The van der Waals surface area contributed by atoms with E-state index in [4.69, 9.17) is 4.84 Å². The smallest absolute Gasteiger partial charge is 0.269 e. The molecule has 0 bridgehead atoms. The molecule has 2 aliphatic heterocycles. The molecule has 0 aromatic heterocycles. The van der Waals surface area contributed by atoms with Crippen LogP contribution in [0, 0.1) is 10.1 Å². The van der Waals surface area contributed by atoms with E-state index in [-0.39, 0.29) is 21.6 Å². The van der Waals surface area contributed by atoms with Crippen molar-refractivity contribution in [2.75, 3.05) is 11.5 Å². The second-order valence-corrected chi connectivity index (χ2v) is 8.28. The topological polar surface area (TPSA) is 58.7 Å². The van der Waals surface area contributed by atoms with Crippen LogP contribution in [0.15, 0.2) is 24.3 Å². The average molecular weight is 312 g/mol. The van der Waals surface area contributed by atoms with E-state index in [9.17, 15) is 10.1 Å². The average Bonchev–Trinajstić information content (AvgIpc) is 3.18. The van der Waals surface area contributed by atoms with Gasteiger partial charge >= 0.3 is 0 Å². The number of hydrogen-bond donors (Lipinski definition) is 0. The van der Waals surface area contributed by atoms with Crippen molar-refractivity contribution in [3.63, 3.8) is 0 Å². The zero-order chi connectivity index (χ0) is 14.3. The summed E-state index contributed by atoms with van der Waals surface area (Å²) in [5.74, 6) is 2.30. The number of hydroxylamine groups is 2. The van der Waals surface area contributed by atoms with Crippen LogP contribution in [0.25, 0.3) is 0 Å². The van der Waals surface area contributed by atoms with Gasteiger partial charge in [0, 0.05) is 33.9 Å². The molecule has 2 heterocycles. The van der Waals surface area contributed by atoms with Gasteiger partial charge in [-0.25, -0.2) is 0 Å². The number of rotatable bonds is 3. The lowest BCUT2D eigenvalue weighted by Crippen LogP contribution is -2.40. The third kappa shape index (κ3) is 2.67. The fraction of sp³-hybridized carbons (Fsp3) is 0.538. The van der Waals surface area contributed by atoms with Crippen LogP contribution >= 0.6 is 23.5 Å². The molecule has 0 spiro atoms. The van der Waals surface area contributed by atoms with Crippen LogP contribution in [0.3, 0.4) is 0 Å². The van der Waals surface area contributed by atoms with Crippen LogP contribution in [0.4, 0.5) is 5.69 Å². The lowest BCUT2D eigenvalue weighted by atomic mass is 10.1. The van der Waals surface area contributed by atoms with Crippen molar-refractivity contribution in [1.82, 2.24) is 5.06 Å². The van der Waals surface area contributed by atoms with E-state index in [1.54, 1.807) is 12.1 Å². The molecule has 0 N–H and O–H groups in total. The van der Waals surface area contributed by atoms with Crippen LogP contribution in [0.5, 0.6) is 0 Å². The lowest BCUT2D eigenvalue weighted by molar-refractivity contribution is -0.384. The Labute approximate surface area is 126 Å². The monoisotopic (exact) mass is 312 g/mol. The first-order chi connectivity index (χ1) is 9.49. The summed E-state index contributed by atoms with van der Waals surface area (Å²) in [4.78, 5) is 16.0. The molecule has 108 valence electrons. The molecule has 1 aromatic carbocycles. The van der Waals surface area contributed by atoms with Gasteiger partial charge in [-0.15, -0.1) is 16.8 Å². The molecule has 7 heteroatoms. The standard InChI is InChI=1S/C13H16N2O3S2/c1-13(2)12(19-7-8-20-13)14-11(18-14)9-3-5-10(6-4-9)15(16)17/h3-6,11-12H,7-8H2,1-2H3. The van der Waals surface area contributed by atoms with Crippen molar-refractivity contribution in [2.24, 2.45) is 0 Å². The van der Waals surface area contributed by atoms with Crippen molar-refractivity contribution < 1.29 is 9.76 Å². The van der Waals surface area contributed by atoms with Gasteiger partial charge in [0.1, 0.15) is 0 Å². The molecule has 5 nitrogen and oxygen atoms in total. The number of non-ortho nitro benzene ring substituents is 1. The first-order valence-electron chi connectivity index (χ1n) is 6.44. The molecule has 3 rings (SSSR count). The predicted octanol–water partition coefficient (Wildman–Crippen LogP) is 3.43. The number of thioether (sulfide) groups is 2. The molecule has 3 unspecified atom stereocenters. The minimum absolute atomic E-state index is 0.0636. The summed E-state index contributed by atoms with van der Waals surface area (Å²) in [7, 11) is 0. The zero-order valence-corrected chi connectivity index (χ0v) is 12.9. The largest absolute Gasteiger partial charge is 0.269 e. The highest BCUT2D eigenvalue weighted by Gasteiger charge is 2.50. The van der Waals surface area contributed by atoms with Crippen molar-refractivity contribution in [1.29, 1.82) is 0 Å². The highest BCUT2D eigenvalue weighted by atomic mass is 32.2. The Balaban J connectivity index is 1.70. The Morgan fingerprint density at radius 1 is 1.35 bits per heavy atom. The normalized spacial score (nSPS) is 31.8. The van der Waals surface area contributed by atoms with E-state index in [1.807, 2.05) is 28.6 Å². The molecule has 3 atom stereocenters. The van der Waals surface area contributed by atoms with Gasteiger partial charge in [0.05, 0.1) is 10.3 Å². The van der Waals surface area contributed by atoms with E-state index in [1.165, 1.54) is 17.9 Å². The molecule has 2 saturated heterocycles. The molecular weight excluding hydrogens is 296 g/mol. The number of nitrogens with zero attached hydrogens (tertiary/aromatic N) is 2. The number of nitro benzene ring substituents is 1. The Bertz CT molecular complexity index is 521. The maximum Gasteiger partial charge on any atom is 0.269 e. The maximum absolute atomic E-state index is 10.7. The third-order valence-corrected chi connectivity index (χ3v) is 6.79. The maximum atomic E-state index is 10.7. The Hall–Kier alpha value is -0.760. The van der Waals surface area contributed by atoms with Crippen LogP contribution in [0.2, 0.25) is 0 Å². The molecule has 20 heavy (non-hydrogen) atoms. The summed E-state index contributed by atoms with van der Waals surface area (Å²) < 4.78 is 0.151. The van der Waals surface area contributed by atoms with E-state index >= 15 is 0 Å². The fourth-order valence-electron chi connectivity index (χ4n) is 2.35. The predicted molar refractivity (Wildman–Crippen MR) is 81.5 cm³/mol. The van der Waals surface area contributed by atoms with Crippen molar-refractivity contribution in [3.8, 4) is 0 Å². The number of nitro groups is 1. The Morgan fingerprint density at radius 2 is 2.05 bits per heavy atom. The summed E-state index contributed by atoms with van der Waals surface area (Å²) in [5.41, 5.74) is 1.09. The summed E-state index contributed by atoms with van der Waals surface area (Å²) in [6.45, 7) is 4.48. The fourth-order valence-corrected chi connectivity index (χ4v) is 5.18. The first-order valence-corrected chi connectivity index (χ1v) is 8.47. The van der Waals surface area contributed by atoms with Gasteiger partial charge in [-0.2, -0.15) is 11.8 Å².